The van der Waals surface area contributed by atoms with Crippen molar-refractivity contribution in [3.63, 3.8) is 0 Å². The van der Waals surface area contributed by atoms with E-state index in [2.05, 4.69) is 33.9 Å². The summed E-state index contributed by atoms with van der Waals surface area (Å²) >= 11 is 0. The molecule has 0 bridgehead atoms. The van der Waals surface area contributed by atoms with Gasteiger partial charge in [0, 0.05) is 44.8 Å². The summed E-state index contributed by atoms with van der Waals surface area (Å²) in [7, 11) is 1.87. The molecule has 0 aromatic carbocycles. The number of hydrogen-bond acceptors (Lipinski definition) is 4. The van der Waals surface area contributed by atoms with E-state index in [4.69, 9.17) is 0 Å². The Labute approximate surface area is 121 Å². The first-order valence-corrected chi connectivity index (χ1v) is 7.36. The topological polar surface area (TPSA) is 31.4 Å². The Morgan fingerprint density at radius 2 is 2.00 bits per heavy atom. The molecule has 1 saturated heterocycles. The molecule has 2 rings (SSSR count). The second-order valence-corrected chi connectivity index (χ2v) is 5.85. The maximum absolute atomic E-state index is 13.3. The Morgan fingerprint density at radius 1 is 1.30 bits per heavy atom. The first-order chi connectivity index (χ1) is 9.60. The van der Waals surface area contributed by atoms with Crippen LogP contribution in [0.15, 0.2) is 12.3 Å². The van der Waals surface area contributed by atoms with Crippen molar-refractivity contribution >= 4 is 5.82 Å². The number of piperazine rings is 1. The van der Waals surface area contributed by atoms with Crippen molar-refractivity contribution < 1.29 is 4.39 Å². The van der Waals surface area contributed by atoms with Crippen LogP contribution < -0.4 is 10.2 Å². The average Bonchev–Trinajstić information content (AvgIpc) is 2.40. The largest absolute Gasteiger partial charge is 0.354 e. The minimum Gasteiger partial charge on any atom is -0.354 e. The third-order valence-corrected chi connectivity index (χ3v) is 3.57. The van der Waals surface area contributed by atoms with E-state index in [9.17, 15) is 4.39 Å². The molecule has 1 N–H and O–H groups in total. The van der Waals surface area contributed by atoms with Crippen LogP contribution in [0, 0.1) is 11.7 Å². The van der Waals surface area contributed by atoms with E-state index >= 15 is 0 Å². The van der Waals surface area contributed by atoms with Gasteiger partial charge in [-0.2, -0.15) is 0 Å². The minimum atomic E-state index is -0.266. The molecule has 1 fully saturated rings. The molecule has 0 aliphatic carbocycles. The fourth-order valence-electron chi connectivity index (χ4n) is 2.74. The summed E-state index contributed by atoms with van der Waals surface area (Å²) in [6.45, 7) is 10.3. The summed E-state index contributed by atoms with van der Waals surface area (Å²) in [5, 5.41) is 3.08. The highest BCUT2D eigenvalue weighted by Crippen LogP contribution is 2.20. The third kappa shape index (κ3) is 3.90. The lowest BCUT2D eigenvalue weighted by atomic mass is 10.1. The monoisotopic (exact) mass is 280 g/mol. The van der Waals surface area contributed by atoms with Crippen molar-refractivity contribution in [2.75, 3.05) is 44.7 Å². The highest BCUT2D eigenvalue weighted by Gasteiger charge is 2.20. The van der Waals surface area contributed by atoms with E-state index in [0.717, 1.165) is 44.1 Å². The van der Waals surface area contributed by atoms with Gasteiger partial charge in [-0.25, -0.2) is 9.37 Å². The molecule has 0 saturated carbocycles. The number of aromatic nitrogens is 1. The van der Waals surface area contributed by atoms with Gasteiger partial charge in [-0.05, 0) is 19.0 Å². The Morgan fingerprint density at radius 3 is 2.60 bits per heavy atom. The van der Waals surface area contributed by atoms with E-state index in [0.29, 0.717) is 12.5 Å². The summed E-state index contributed by atoms with van der Waals surface area (Å²) in [6, 6.07) is 1.58. The number of pyridine rings is 1. The molecule has 4 nitrogen and oxygen atoms in total. The highest BCUT2D eigenvalue weighted by molar-refractivity contribution is 5.47. The molecule has 1 aliphatic rings. The lowest BCUT2D eigenvalue weighted by molar-refractivity contribution is 0.230. The average molecular weight is 280 g/mol. The van der Waals surface area contributed by atoms with Crippen LogP contribution in [0.2, 0.25) is 0 Å². The molecule has 1 aliphatic heterocycles. The van der Waals surface area contributed by atoms with Crippen molar-refractivity contribution in [1.29, 1.82) is 0 Å². The Balaban J connectivity index is 2.03. The lowest BCUT2D eigenvalue weighted by Crippen LogP contribution is -2.48. The summed E-state index contributed by atoms with van der Waals surface area (Å²) in [5.41, 5.74) is 0.935. The van der Waals surface area contributed by atoms with E-state index in [1.165, 1.54) is 6.20 Å². The van der Waals surface area contributed by atoms with Gasteiger partial charge < -0.3 is 10.2 Å². The van der Waals surface area contributed by atoms with Gasteiger partial charge in [0.15, 0.2) is 0 Å². The molecule has 0 unspecified atom stereocenters. The van der Waals surface area contributed by atoms with Crippen LogP contribution in [0.25, 0.3) is 0 Å². The normalized spacial score (nSPS) is 16.9. The van der Waals surface area contributed by atoms with Gasteiger partial charge in [-0.1, -0.05) is 13.8 Å². The molecule has 1 aromatic rings. The fourth-order valence-corrected chi connectivity index (χ4v) is 2.74. The zero-order valence-corrected chi connectivity index (χ0v) is 12.7. The molecule has 20 heavy (non-hydrogen) atoms. The van der Waals surface area contributed by atoms with Gasteiger partial charge in [0.1, 0.15) is 11.6 Å². The predicted molar refractivity (Wildman–Crippen MR) is 80.4 cm³/mol. The van der Waals surface area contributed by atoms with Crippen molar-refractivity contribution in [2.45, 2.75) is 20.4 Å². The second kappa shape index (κ2) is 6.99. The molecule has 112 valence electrons. The van der Waals surface area contributed by atoms with Gasteiger partial charge in [0.05, 0.1) is 6.20 Å². The van der Waals surface area contributed by atoms with Crippen LogP contribution in [0.1, 0.15) is 19.4 Å². The number of anilines is 1. The van der Waals surface area contributed by atoms with E-state index < -0.39 is 0 Å². The van der Waals surface area contributed by atoms with Gasteiger partial charge in [-0.3, -0.25) is 4.90 Å². The van der Waals surface area contributed by atoms with Gasteiger partial charge in [0.25, 0.3) is 0 Å². The van der Waals surface area contributed by atoms with Crippen molar-refractivity contribution in [2.24, 2.45) is 5.92 Å². The maximum Gasteiger partial charge on any atom is 0.141 e. The van der Waals surface area contributed by atoms with Gasteiger partial charge >= 0.3 is 0 Å². The summed E-state index contributed by atoms with van der Waals surface area (Å²) in [5.74, 6) is 1.35. The minimum absolute atomic E-state index is 0.266. The van der Waals surface area contributed by atoms with E-state index in [1.807, 2.05) is 7.05 Å². The van der Waals surface area contributed by atoms with Crippen LogP contribution in [-0.2, 0) is 6.54 Å². The smallest absolute Gasteiger partial charge is 0.141 e. The quantitative estimate of drug-likeness (QED) is 0.890. The van der Waals surface area contributed by atoms with Crippen molar-refractivity contribution in [3.8, 4) is 0 Å². The van der Waals surface area contributed by atoms with Crippen LogP contribution in [0.3, 0.4) is 0 Å². The third-order valence-electron chi connectivity index (χ3n) is 3.57. The van der Waals surface area contributed by atoms with E-state index in [-0.39, 0.29) is 5.82 Å². The fraction of sp³-hybridized carbons (Fsp3) is 0.667. The Hall–Kier alpha value is -1.20. The molecule has 2 heterocycles. The number of rotatable bonds is 5. The van der Waals surface area contributed by atoms with Crippen molar-refractivity contribution in [1.82, 2.24) is 15.2 Å². The summed E-state index contributed by atoms with van der Waals surface area (Å²) in [6.07, 6.45) is 1.31. The van der Waals surface area contributed by atoms with Crippen LogP contribution in [0.5, 0.6) is 0 Å². The Kier molecular flexibility index (Phi) is 5.31. The number of nitrogens with zero attached hydrogens (tertiary/aromatic N) is 3. The zero-order chi connectivity index (χ0) is 14.5. The molecule has 5 heteroatoms. The first kappa shape index (κ1) is 15.2. The number of nitrogens with one attached hydrogen (secondary N) is 1. The van der Waals surface area contributed by atoms with Crippen LogP contribution in [-0.4, -0.2) is 49.7 Å². The molecule has 0 atom stereocenters. The van der Waals surface area contributed by atoms with Gasteiger partial charge in [-0.15, -0.1) is 0 Å². The molecule has 0 spiro atoms. The molecular formula is C15H25FN4. The number of halogens is 1. The summed E-state index contributed by atoms with van der Waals surface area (Å²) < 4.78 is 13.3. The summed E-state index contributed by atoms with van der Waals surface area (Å²) in [4.78, 5) is 9.05. The van der Waals surface area contributed by atoms with Crippen molar-refractivity contribution in [3.05, 3.63) is 23.6 Å². The predicted octanol–water partition coefficient (Wildman–Crippen LogP) is 1.72. The first-order valence-electron chi connectivity index (χ1n) is 7.36. The van der Waals surface area contributed by atoms with E-state index in [1.54, 1.807) is 6.07 Å². The van der Waals surface area contributed by atoms with Gasteiger partial charge in [0.2, 0.25) is 0 Å². The Bertz CT molecular complexity index is 428. The van der Waals surface area contributed by atoms with Crippen LogP contribution >= 0.6 is 0 Å². The second-order valence-electron chi connectivity index (χ2n) is 5.85. The molecule has 0 amide bonds. The molecule has 0 radical (unpaired) electrons. The standard InChI is InChI=1S/C15H25FN4/c1-12(2)11-19-4-6-20(7-5-19)15-13(9-17-3)8-14(16)10-18-15/h8,10,12,17H,4-7,9,11H2,1-3H3. The SMILES string of the molecule is CNCc1cc(F)cnc1N1CCN(CC(C)C)CC1. The van der Waals surface area contributed by atoms with Crippen LogP contribution in [0.4, 0.5) is 10.2 Å². The number of hydrogen-bond donors (Lipinski definition) is 1. The lowest BCUT2D eigenvalue weighted by Gasteiger charge is -2.36. The maximum atomic E-state index is 13.3. The zero-order valence-electron chi connectivity index (χ0n) is 12.7. The molecular weight excluding hydrogens is 255 g/mol. The highest BCUT2D eigenvalue weighted by atomic mass is 19.1. The molecule has 1 aromatic heterocycles.